The van der Waals surface area contributed by atoms with Gasteiger partial charge < -0.3 is 9.32 Å². The SMILES string of the molecule is CCCC(=O)N1CCC[C@H](c2nnc(-c3ccc(F)cc3)o2)C1. The summed E-state index contributed by atoms with van der Waals surface area (Å²) < 4.78 is 18.7. The normalized spacial score (nSPS) is 18.2. The van der Waals surface area contributed by atoms with Crippen LogP contribution in [0.25, 0.3) is 11.5 Å². The highest BCUT2D eigenvalue weighted by molar-refractivity contribution is 5.76. The molecule has 3 rings (SSSR count). The second-order valence-corrected chi connectivity index (χ2v) is 5.88. The average Bonchev–Trinajstić information content (AvgIpc) is 3.06. The van der Waals surface area contributed by atoms with Crippen molar-refractivity contribution in [3.05, 3.63) is 36.0 Å². The van der Waals surface area contributed by atoms with Crippen molar-refractivity contribution in [2.24, 2.45) is 0 Å². The van der Waals surface area contributed by atoms with Crippen LogP contribution in [0.5, 0.6) is 0 Å². The van der Waals surface area contributed by atoms with E-state index < -0.39 is 0 Å². The third-order valence-electron chi connectivity index (χ3n) is 4.12. The molecule has 0 N–H and O–H groups in total. The van der Waals surface area contributed by atoms with E-state index >= 15 is 0 Å². The molecule has 122 valence electrons. The maximum absolute atomic E-state index is 13.0. The summed E-state index contributed by atoms with van der Waals surface area (Å²) in [6.45, 7) is 3.43. The van der Waals surface area contributed by atoms with Gasteiger partial charge in [0.15, 0.2) is 0 Å². The van der Waals surface area contributed by atoms with Gasteiger partial charge in [-0.15, -0.1) is 10.2 Å². The number of likely N-dealkylation sites (tertiary alicyclic amines) is 1. The summed E-state index contributed by atoms with van der Waals surface area (Å²) in [7, 11) is 0. The monoisotopic (exact) mass is 317 g/mol. The van der Waals surface area contributed by atoms with E-state index in [4.69, 9.17) is 4.42 Å². The maximum atomic E-state index is 13.0. The van der Waals surface area contributed by atoms with Crippen molar-refractivity contribution in [1.29, 1.82) is 0 Å². The first-order chi connectivity index (χ1) is 11.2. The zero-order chi connectivity index (χ0) is 16.2. The molecule has 2 aromatic rings. The third-order valence-corrected chi connectivity index (χ3v) is 4.12. The first-order valence-corrected chi connectivity index (χ1v) is 8.04. The van der Waals surface area contributed by atoms with Crippen molar-refractivity contribution in [2.75, 3.05) is 13.1 Å². The zero-order valence-electron chi connectivity index (χ0n) is 13.2. The average molecular weight is 317 g/mol. The van der Waals surface area contributed by atoms with Crippen LogP contribution in [-0.4, -0.2) is 34.1 Å². The molecule has 0 radical (unpaired) electrons. The lowest BCUT2D eigenvalue weighted by molar-refractivity contribution is -0.132. The van der Waals surface area contributed by atoms with E-state index in [9.17, 15) is 9.18 Å². The molecule has 1 aliphatic rings. The van der Waals surface area contributed by atoms with Crippen LogP contribution in [0.15, 0.2) is 28.7 Å². The predicted molar refractivity (Wildman–Crippen MR) is 83.2 cm³/mol. The van der Waals surface area contributed by atoms with Crippen LogP contribution in [0, 0.1) is 5.82 Å². The molecule has 1 saturated heterocycles. The molecule has 1 aliphatic heterocycles. The van der Waals surface area contributed by atoms with E-state index in [2.05, 4.69) is 10.2 Å². The number of halogens is 1. The Labute approximate surface area is 134 Å². The summed E-state index contributed by atoms with van der Waals surface area (Å²) in [5.74, 6) is 0.905. The van der Waals surface area contributed by atoms with E-state index in [1.54, 1.807) is 12.1 Å². The largest absolute Gasteiger partial charge is 0.420 e. The molecular weight excluding hydrogens is 297 g/mol. The highest BCUT2D eigenvalue weighted by Crippen LogP contribution is 2.28. The van der Waals surface area contributed by atoms with Crippen molar-refractivity contribution in [1.82, 2.24) is 15.1 Å². The number of piperidine rings is 1. The van der Waals surface area contributed by atoms with Gasteiger partial charge in [-0.3, -0.25) is 4.79 Å². The molecule has 2 heterocycles. The third kappa shape index (κ3) is 3.57. The van der Waals surface area contributed by atoms with Gasteiger partial charge in [-0.2, -0.15) is 0 Å². The first-order valence-electron chi connectivity index (χ1n) is 8.04. The molecule has 1 atom stereocenters. The van der Waals surface area contributed by atoms with Crippen LogP contribution in [0.3, 0.4) is 0 Å². The maximum Gasteiger partial charge on any atom is 0.247 e. The predicted octanol–water partition coefficient (Wildman–Crippen LogP) is 3.38. The van der Waals surface area contributed by atoms with Crippen LogP contribution in [0.4, 0.5) is 4.39 Å². The lowest BCUT2D eigenvalue weighted by Gasteiger charge is -2.31. The second-order valence-electron chi connectivity index (χ2n) is 5.88. The number of carbonyl (C=O) groups excluding carboxylic acids is 1. The minimum Gasteiger partial charge on any atom is -0.420 e. The van der Waals surface area contributed by atoms with Crippen molar-refractivity contribution >= 4 is 5.91 Å². The highest BCUT2D eigenvalue weighted by atomic mass is 19.1. The van der Waals surface area contributed by atoms with Gasteiger partial charge in [0.1, 0.15) is 5.82 Å². The number of hydrogen-bond acceptors (Lipinski definition) is 4. The van der Waals surface area contributed by atoms with Crippen molar-refractivity contribution < 1.29 is 13.6 Å². The Morgan fingerprint density at radius 2 is 2.13 bits per heavy atom. The Hall–Kier alpha value is -2.24. The van der Waals surface area contributed by atoms with Gasteiger partial charge >= 0.3 is 0 Å². The number of amides is 1. The summed E-state index contributed by atoms with van der Waals surface area (Å²) >= 11 is 0. The minimum absolute atomic E-state index is 0.0752. The van der Waals surface area contributed by atoms with Crippen LogP contribution in [0.1, 0.15) is 44.4 Å². The first kappa shape index (κ1) is 15.6. The van der Waals surface area contributed by atoms with Gasteiger partial charge in [-0.1, -0.05) is 6.92 Å². The van der Waals surface area contributed by atoms with Crippen molar-refractivity contribution in [3.63, 3.8) is 0 Å². The molecule has 23 heavy (non-hydrogen) atoms. The molecule has 1 aromatic carbocycles. The number of nitrogens with zero attached hydrogens (tertiary/aromatic N) is 3. The zero-order valence-corrected chi connectivity index (χ0v) is 13.2. The van der Waals surface area contributed by atoms with E-state index in [0.29, 0.717) is 30.3 Å². The fourth-order valence-corrected chi connectivity index (χ4v) is 2.89. The molecule has 0 aliphatic carbocycles. The fourth-order valence-electron chi connectivity index (χ4n) is 2.89. The van der Waals surface area contributed by atoms with Crippen LogP contribution < -0.4 is 0 Å². The van der Waals surface area contributed by atoms with Crippen molar-refractivity contribution in [2.45, 2.75) is 38.5 Å². The van der Waals surface area contributed by atoms with E-state index in [0.717, 1.165) is 25.8 Å². The summed E-state index contributed by atoms with van der Waals surface area (Å²) in [5, 5.41) is 8.19. The molecular formula is C17H20FN3O2. The van der Waals surface area contributed by atoms with Gasteiger partial charge in [0, 0.05) is 25.1 Å². The summed E-state index contributed by atoms with van der Waals surface area (Å²) in [4.78, 5) is 13.9. The summed E-state index contributed by atoms with van der Waals surface area (Å²) in [5.41, 5.74) is 0.694. The van der Waals surface area contributed by atoms with E-state index in [1.165, 1.54) is 12.1 Å². The van der Waals surface area contributed by atoms with Gasteiger partial charge in [-0.25, -0.2) is 4.39 Å². The Morgan fingerprint density at radius 1 is 1.35 bits per heavy atom. The Bertz CT molecular complexity index is 669. The number of hydrogen-bond donors (Lipinski definition) is 0. The lowest BCUT2D eigenvalue weighted by atomic mass is 9.97. The van der Waals surface area contributed by atoms with Gasteiger partial charge in [0.2, 0.25) is 17.7 Å². The lowest BCUT2D eigenvalue weighted by Crippen LogP contribution is -2.39. The van der Waals surface area contributed by atoms with Gasteiger partial charge in [0.25, 0.3) is 0 Å². The summed E-state index contributed by atoms with van der Waals surface area (Å²) in [6, 6.07) is 5.96. The Kier molecular flexibility index (Phi) is 4.69. The minimum atomic E-state index is -0.300. The molecule has 6 heteroatoms. The smallest absolute Gasteiger partial charge is 0.247 e. The van der Waals surface area contributed by atoms with Crippen LogP contribution >= 0.6 is 0 Å². The summed E-state index contributed by atoms with van der Waals surface area (Å²) in [6.07, 6.45) is 3.31. The molecule has 0 bridgehead atoms. The topological polar surface area (TPSA) is 59.2 Å². The van der Waals surface area contributed by atoms with Crippen LogP contribution in [-0.2, 0) is 4.79 Å². The quantitative estimate of drug-likeness (QED) is 0.867. The highest BCUT2D eigenvalue weighted by Gasteiger charge is 2.28. The number of carbonyl (C=O) groups is 1. The molecule has 0 unspecified atom stereocenters. The number of rotatable bonds is 4. The molecule has 5 nitrogen and oxygen atoms in total. The van der Waals surface area contributed by atoms with Gasteiger partial charge in [-0.05, 0) is 43.5 Å². The van der Waals surface area contributed by atoms with Crippen LogP contribution in [0.2, 0.25) is 0 Å². The molecule has 0 saturated carbocycles. The van der Waals surface area contributed by atoms with Gasteiger partial charge in [0.05, 0.1) is 5.92 Å². The molecule has 1 fully saturated rings. The van der Waals surface area contributed by atoms with Crippen molar-refractivity contribution in [3.8, 4) is 11.5 Å². The molecule has 0 spiro atoms. The molecule has 1 aromatic heterocycles. The standard InChI is InChI=1S/C17H20FN3O2/c1-2-4-15(22)21-10-3-5-13(11-21)17-20-19-16(23-17)12-6-8-14(18)9-7-12/h6-9,13H,2-5,10-11H2,1H3/t13-/m0/s1. The Morgan fingerprint density at radius 3 is 2.87 bits per heavy atom. The molecule has 1 amide bonds. The second kappa shape index (κ2) is 6.89. The number of aromatic nitrogens is 2. The fraction of sp³-hybridized carbons (Fsp3) is 0.471. The van der Waals surface area contributed by atoms with E-state index in [1.807, 2.05) is 11.8 Å². The number of benzene rings is 1. The van der Waals surface area contributed by atoms with E-state index in [-0.39, 0.29) is 17.6 Å². The Balaban J connectivity index is 1.72.